The lowest BCUT2D eigenvalue weighted by molar-refractivity contribution is 0.624. The third kappa shape index (κ3) is 3.70. The van der Waals surface area contributed by atoms with E-state index in [2.05, 4.69) is 46.5 Å². The van der Waals surface area contributed by atoms with E-state index in [-0.39, 0.29) is 0 Å². The number of nitrogens with zero attached hydrogens (tertiary/aromatic N) is 1. The molecule has 1 N–H and O–H groups in total. The van der Waals surface area contributed by atoms with Crippen molar-refractivity contribution in [2.45, 2.75) is 45.7 Å². The third-order valence-electron chi connectivity index (χ3n) is 3.29. The van der Waals surface area contributed by atoms with Gasteiger partial charge in [0.2, 0.25) is 0 Å². The highest BCUT2D eigenvalue weighted by Crippen LogP contribution is 2.35. The molecule has 0 aromatic carbocycles. The Morgan fingerprint density at radius 2 is 2.25 bits per heavy atom. The Balaban J connectivity index is 1.83. The lowest BCUT2D eigenvalue weighted by Gasteiger charge is -2.05. The summed E-state index contributed by atoms with van der Waals surface area (Å²) in [6, 6.07) is 2.92. The Morgan fingerprint density at radius 1 is 1.45 bits per heavy atom. The molecule has 0 radical (unpaired) electrons. The maximum Gasteiger partial charge on any atom is 0.133 e. The van der Waals surface area contributed by atoms with E-state index in [9.17, 15) is 0 Å². The summed E-state index contributed by atoms with van der Waals surface area (Å²) in [6.45, 7) is 5.51. The van der Waals surface area contributed by atoms with Crippen LogP contribution in [0, 0.1) is 5.92 Å². The van der Waals surface area contributed by atoms with Crippen molar-refractivity contribution in [3.8, 4) is 9.88 Å². The molecule has 1 fully saturated rings. The molecule has 0 amide bonds. The van der Waals surface area contributed by atoms with E-state index in [1.165, 1.54) is 33.3 Å². The molecule has 0 spiro atoms. The lowest BCUT2D eigenvalue weighted by Crippen LogP contribution is -2.15. The average Bonchev–Trinajstić information content (AvgIpc) is 2.99. The van der Waals surface area contributed by atoms with Gasteiger partial charge in [0, 0.05) is 27.3 Å². The summed E-state index contributed by atoms with van der Waals surface area (Å²) in [7, 11) is 0. The molecule has 0 unspecified atom stereocenters. The molecule has 1 aliphatic rings. The fraction of sp³-hybridized carbons (Fsp3) is 0.533. The van der Waals surface area contributed by atoms with Gasteiger partial charge >= 0.3 is 0 Å². The lowest BCUT2D eigenvalue weighted by atomic mass is 10.1. The van der Waals surface area contributed by atoms with Crippen LogP contribution in [0.1, 0.15) is 37.3 Å². The van der Waals surface area contributed by atoms with Gasteiger partial charge in [-0.2, -0.15) is 0 Å². The third-order valence-corrected chi connectivity index (χ3v) is 6.24. The summed E-state index contributed by atoms with van der Waals surface area (Å²) in [5, 5.41) is 6.92. The van der Waals surface area contributed by atoms with Crippen LogP contribution in [0.5, 0.6) is 0 Å². The molecular weight excluding hydrogens is 352 g/mol. The molecule has 0 atom stereocenters. The highest BCUT2D eigenvalue weighted by molar-refractivity contribution is 9.10. The Kier molecular flexibility index (Phi) is 4.60. The highest BCUT2D eigenvalue weighted by Gasteiger charge is 2.22. The number of rotatable bonds is 6. The molecule has 2 aromatic rings. The zero-order valence-corrected chi connectivity index (χ0v) is 15.0. The second-order valence-electron chi connectivity index (χ2n) is 5.77. The van der Waals surface area contributed by atoms with Gasteiger partial charge in [0.15, 0.2) is 0 Å². The Hall–Kier alpha value is -0.230. The maximum absolute atomic E-state index is 4.90. The van der Waals surface area contributed by atoms with Gasteiger partial charge in [-0.1, -0.05) is 13.8 Å². The van der Waals surface area contributed by atoms with Crippen LogP contribution in [0.25, 0.3) is 9.88 Å². The molecule has 0 aliphatic heterocycles. The van der Waals surface area contributed by atoms with Crippen LogP contribution in [0.4, 0.5) is 0 Å². The summed E-state index contributed by atoms with van der Waals surface area (Å²) in [5.41, 5.74) is 1.29. The number of hydrogen-bond donors (Lipinski definition) is 1. The minimum absolute atomic E-state index is 0.652. The van der Waals surface area contributed by atoms with Crippen molar-refractivity contribution in [1.82, 2.24) is 10.3 Å². The van der Waals surface area contributed by atoms with Crippen LogP contribution in [-0.2, 0) is 13.0 Å². The molecule has 2 heterocycles. The minimum atomic E-state index is 0.652. The second kappa shape index (κ2) is 6.26. The summed E-state index contributed by atoms with van der Waals surface area (Å²) in [6.07, 6.45) is 3.75. The van der Waals surface area contributed by atoms with E-state index in [4.69, 9.17) is 4.98 Å². The maximum atomic E-state index is 4.90. The first-order chi connectivity index (χ1) is 9.61. The average molecular weight is 371 g/mol. The standard InChI is InChI=1S/C15H19BrN2S2/c1-9(2)5-12-14(7-17-11-3-4-11)20-15(18-12)13-6-10(16)8-19-13/h6,8-9,11,17H,3-5,7H2,1-2H3. The van der Waals surface area contributed by atoms with Crippen LogP contribution >= 0.6 is 38.6 Å². The van der Waals surface area contributed by atoms with Crippen LogP contribution in [-0.4, -0.2) is 11.0 Å². The van der Waals surface area contributed by atoms with Crippen molar-refractivity contribution >= 4 is 38.6 Å². The fourth-order valence-corrected chi connectivity index (χ4v) is 4.65. The molecule has 5 heteroatoms. The van der Waals surface area contributed by atoms with Gasteiger partial charge in [-0.3, -0.25) is 0 Å². The molecule has 20 heavy (non-hydrogen) atoms. The van der Waals surface area contributed by atoms with E-state index >= 15 is 0 Å². The molecule has 2 aromatic heterocycles. The summed E-state index contributed by atoms with van der Waals surface area (Å²) in [4.78, 5) is 7.59. The van der Waals surface area contributed by atoms with Crippen molar-refractivity contribution < 1.29 is 0 Å². The first-order valence-corrected chi connectivity index (χ1v) is 9.57. The van der Waals surface area contributed by atoms with Crippen LogP contribution in [0.3, 0.4) is 0 Å². The van der Waals surface area contributed by atoms with Gasteiger partial charge in [0.05, 0.1) is 10.6 Å². The fourth-order valence-electron chi connectivity index (χ4n) is 2.12. The molecule has 108 valence electrons. The normalized spacial score (nSPS) is 15.2. The number of nitrogens with one attached hydrogen (secondary N) is 1. The van der Waals surface area contributed by atoms with E-state index in [0.717, 1.165) is 23.5 Å². The monoisotopic (exact) mass is 370 g/mol. The Morgan fingerprint density at radius 3 is 2.85 bits per heavy atom. The van der Waals surface area contributed by atoms with Crippen molar-refractivity contribution in [3.63, 3.8) is 0 Å². The van der Waals surface area contributed by atoms with E-state index in [1.54, 1.807) is 11.3 Å². The predicted molar refractivity (Wildman–Crippen MR) is 91.5 cm³/mol. The Bertz CT molecular complexity index is 584. The van der Waals surface area contributed by atoms with Gasteiger partial charge in [0.1, 0.15) is 5.01 Å². The number of halogens is 1. The molecule has 0 saturated heterocycles. The van der Waals surface area contributed by atoms with E-state index in [0.29, 0.717) is 5.92 Å². The summed E-state index contributed by atoms with van der Waals surface area (Å²) >= 11 is 7.14. The van der Waals surface area contributed by atoms with Gasteiger partial charge in [-0.15, -0.1) is 22.7 Å². The van der Waals surface area contributed by atoms with Crippen LogP contribution in [0.2, 0.25) is 0 Å². The largest absolute Gasteiger partial charge is 0.309 e. The van der Waals surface area contributed by atoms with Crippen LogP contribution < -0.4 is 5.32 Å². The van der Waals surface area contributed by atoms with Gasteiger partial charge in [0.25, 0.3) is 0 Å². The topological polar surface area (TPSA) is 24.9 Å². The van der Waals surface area contributed by atoms with Gasteiger partial charge < -0.3 is 5.32 Å². The van der Waals surface area contributed by atoms with E-state index < -0.39 is 0 Å². The molecule has 1 aliphatic carbocycles. The number of thiophene rings is 1. The van der Waals surface area contributed by atoms with Gasteiger partial charge in [-0.05, 0) is 47.2 Å². The smallest absolute Gasteiger partial charge is 0.133 e. The first kappa shape index (κ1) is 14.7. The zero-order chi connectivity index (χ0) is 14.1. The predicted octanol–water partition coefficient (Wildman–Crippen LogP) is 5.08. The van der Waals surface area contributed by atoms with Crippen molar-refractivity contribution in [2.24, 2.45) is 5.92 Å². The van der Waals surface area contributed by atoms with Gasteiger partial charge in [-0.25, -0.2) is 4.98 Å². The molecule has 1 saturated carbocycles. The Labute approximate surface area is 136 Å². The molecular formula is C15H19BrN2S2. The summed E-state index contributed by atoms with van der Waals surface area (Å²) in [5.74, 6) is 0.652. The highest BCUT2D eigenvalue weighted by atomic mass is 79.9. The number of thiazole rings is 1. The zero-order valence-electron chi connectivity index (χ0n) is 11.8. The quantitative estimate of drug-likeness (QED) is 0.766. The van der Waals surface area contributed by atoms with Crippen LogP contribution in [0.15, 0.2) is 15.9 Å². The first-order valence-electron chi connectivity index (χ1n) is 7.08. The minimum Gasteiger partial charge on any atom is -0.309 e. The molecule has 3 rings (SSSR count). The molecule has 0 bridgehead atoms. The SMILES string of the molecule is CC(C)Cc1nc(-c2cc(Br)cs2)sc1CNC1CC1. The number of aromatic nitrogens is 1. The van der Waals surface area contributed by atoms with Crippen molar-refractivity contribution in [1.29, 1.82) is 0 Å². The second-order valence-corrected chi connectivity index (χ2v) is 8.68. The summed E-state index contributed by atoms with van der Waals surface area (Å²) < 4.78 is 1.15. The molecule has 2 nitrogen and oxygen atoms in total. The van der Waals surface area contributed by atoms with E-state index in [1.807, 2.05) is 11.3 Å². The number of hydrogen-bond acceptors (Lipinski definition) is 4. The van der Waals surface area contributed by atoms with Crippen molar-refractivity contribution in [2.75, 3.05) is 0 Å². The van der Waals surface area contributed by atoms with Crippen molar-refractivity contribution in [3.05, 3.63) is 26.5 Å².